The summed E-state index contributed by atoms with van der Waals surface area (Å²) in [6.07, 6.45) is 0.192. The molecule has 5 rings (SSSR count). The van der Waals surface area contributed by atoms with Crippen LogP contribution in [-0.4, -0.2) is 18.5 Å². The second-order valence-electron chi connectivity index (χ2n) is 6.91. The van der Waals surface area contributed by atoms with E-state index in [1.807, 2.05) is 48.5 Å². The minimum atomic E-state index is -0.348. The maximum Gasteiger partial charge on any atom is 0.231 e. The molecule has 0 atom stereocenters. The first kappa shape index (κ1) is 18.0. The van der Waals surface area contributed by atoms with Crippen LogP contribution in [0.15, 0.2) is 77.2 Å². The standard InChI is InChI=1S/C24H17NO5/c26-21(12-15-6-2-1-3-7-15)25-22-17-8-4-5-9-18(17)30-24(22)23(27)16-10-11-19-20(13-16)29-14-28-19/h1-11,13H,12,14H2,(H,25,26). The van der Waals surface area contributed by atoms with Crippen molar-refractivity contribution in [2.24, 2.45) is 0 Å². The highest BCUT2D eigenvalue weighted by molar-refractivity contribution is 6.17. The van der Waals surface area contributed by atoms with Gasteiger partial charge in [-0.2, -0.15) is 0 Å². The number of benzene rings is 3. The zero-order valence-electron chi connectivity index (χ0n) is 15.9. The van der Waals surface area contributed by atoms with Crippen molar-refractivity contribution in [2.45, 2.75) is 6.42 Å². The first-order chi connectivity index (χ1) is 14.7. The molecule has 4 aromatic rings. The zero-order chi connectivity index (χ0) is 20.5. The number of ether oxygens (including phenoxy) is 2. The van der Waals surface area contributed by atoms with E-state index in [1.54, 1.807) is 24.3 Å². The van der Waals surface area contributed by atoms with Gasteiger partial charge in [0.25, 0.3) is 0 Å². The molecule has 1 aliphatic heterocycles. The number of hydrogen-bond donors (Lipinski definition) is 1. The number of carbonyl (C=O) groups excluding carboxylic acids is 2. The van der Waals surface area contributed by atoms with Crippen LogP contribution in [0, 0.1) is 0 Å². The van der Waals surface area contributed by atoms with Crippen molar-refractivity contribution in [1.29, 1.82) is 0 Å². The average Bonchev–Trinajstić information content (AvgIpc) is 3.38. The monoisotopic (exact) mass is 399 g/mol. The van der Waals surface area contributed by atoms with Crippen molar-refractivity contribution in [2.75, 3.05) is 12.1 Å². The second kappa shape index (κ2) is 7.40. The van der Waals surface area contributed by atoms with Gasteiger partial charge in [-0.15, -0.1) is 0 Å². The van der Waals surface area contributed by atoms with Crippen molar-refractivity contribution in [1.82, 2.24) is 0 Å². The van der Waals surface area contributed by atoms with Crippen LogP contribution in [0.3, 0.4) is 0 Å². The first-order valence-corrected chi connectivity index (χ1v) is 9.49. The van der Waals surface area contributed by atoms with Gasteiger partial charge in [0.2, 0.25) is 18.5 Å². The van der Waals surface area contributed by atoms with Gasteiger partial charge in [0.15, 0.2) is 17.3 Å². The van der Waals surface area contributed by atoms with E-state index in [1.165, 1.54) is 0 Å². The number of furan rings is 1. The summed E-state index contributed by atoms with van der Waals surface area (Å²) in [4.78, 5) is 25.9. The number of ketones is 1. The molecule has 0 bridgehead atoms. The minimum Gasteiger partial charge on any atom is -0.454 e. The number of hydrogen-bond acceptors (Lipinski definition) is 5. The van der Waals surface area contributed by atoms with Gasteiger partial charge in [0.05, 0.1) is 12.1 Å². The van der Waals surface area contributed by atoms with E-state index in [2.05, 4.69) is 5.32 Å². The van der Waals surface area contributed by atoms with Crippen LogP contribution >= 0.6 is 0 Å². The normalized spacial score (nSPS) is 12.1. The minimum absolute atomic E-state index is 0.0801. The molecule has 1 aliphatic rings. The summed E-state index contributed by atoms with van der Waals surface area (Å²) in [6.45, 7) is 0.123. The molecule has 2 heterocycles. The SMILES string of the molecule is O=C(Cc1ccccc1)Nc1c(C(=O)c2ccc3c(c2)OCO3)oc2ccccc12. The van der Waals surface area contributed by atoms with Crippen LogP contribution in [-0.2, 0) is 11.2 Å². The Morgan fingerprint density at radius 3 is 2.50 bits per heavy atom. The highest BCUT2D eigenvalue weighted by Gasteiger charge is 2.25. The fraction of sp³-hybridized carbons (Fsp3) is 0.0833. The Balaban J connectivity index is 1.50. The topological polar surface area (TPSA) is 77.8 Å². The Morgan fingerprint density at radius 1 is 0.867 bits per heavy atom. The number of anilines is 1. The molecule has 0 spiro atoms. The summed E-state index contributed by atoms with van der Waals surface area (Å²) in [5.74, 6) is 0.600. The van der Waals surface area contributed by atoms with Crippen LogP contribution in [0.1, 0.15) is 21.7 Å². The van der Waals surface area contributed by atoms with Gasteiger partial charge in [-0.05, 0) is 35.9 Å². The Labute approximate surface area is 172 Å². The summed E-state index contributed by atoms with van der Waals surface area (Å²) >= 11 is 0. The van der Waals surface area contributed by atoms with Crippen molar-refractivity contribution in [3.8, 4) is 11.5 Å². The summed E-state index contributed by atoms with van der Waals surface area (Å²) in [5.41, 5.74) is 2.16. The van der Waals surface area contributed by atoms with Crippen molar-refractivity contribution in [3.63, 3.8) is 0 Å². The Kier molecular flexibility index (Phi) is 4.44. The lowest BCUT2D eigenvalue weighted by molar-refractivity contribution is -0.115. The van der Waals surface area contributed by atoms with E-state index in [4.69, 9.17) is 13.9 Å². The van der Waals surface area contributed by atoms with E-state index in [0.29, 0.717) is 33.7 Å². The Bertz CT molecular complexity index is 1260. The van der Waals surface area contributed by atoms with Gasteiger partial charge in [0.1, 0.15) is 5.58 Å². The van der Waals surface area contributed by atoms with Crippen LogP contribution < -0.4 is 14.8 Å². The Hall–Kier alpha value is -4.06. The smallest absolute Gasteiger partial charge is 0.231 e. The first-order valence-electron chi connectivity index (χ1n) is 9.49. The largest absolute Gasteiger partial charge is 0.454 e. The quantitative estimate of drug-likeness (QED) is 0.497. The van der Waals surface area contributed by atoms with E-state index >= 15 is 0 Å². The number of nitrogens with one attached hydrogen (secondary N) is 1. The van der Waals surface area contributed by atoms with Crippen LogP contribution in [0.2, 0.25) is 0 Å². The van der Waals surface area contributed by atoms with Gasteiger partial charge in [-0.1, -0.05) is 42.5 Å². The van der Waals surface area contributed by atoms with Crippen LogP contribution in [0.4, 0.5) is 5.69 Å². The van der Waals surface area contributed by atoms with Crippen molar-refractivity contribution in [3.05, 3.63) is 89.7 Å². The van der Waals surface area contributed by atoms with Crippen molar-refractivity contribution < 1.29 is 23.5 Å². The van der Waals surface area contributed by atoms with Crippen LogP contribution in [0.5, 0.6) is 11.5 Å². The third kappa shape index (κ3) is 3.28. The van der Waals surface area contributed by atoms with E-state index in [9.17, 15) is 9.59 Å². The lowest BCUT2D eigenvalue weighted by Crippen LogP contribution is -2.16. The predicted octanol–water partition coefficient (Wildman–Crippen LogP) is 4.57. The van der Waals surface area contributed by atoms with E-state index < -0.39 is 0 Å². The fourth-order valence-electron chi connectivity index (χ4n) is 3.46. The van der Waals surface area contributed by atoms with Crippen LogP contribution in [0.25, 0.3) is 11.0 Å². The molecule has 148 valence electrons. The third-order valence-corrected chi connectivity index (χ3v) is 4.91. The molecular weight excluding hydrogens is 382 g/mol. The number of para-hydroxylation sites is 1. The molecule has 6 heteroatoms. The predicted molar refractivity (Wildman–Crippen MR) is 111 cm³/mol. The van der Waals surface area contributed by atoms with Gasteiger partial charge in [-0.3, -0.25) is 9.59 Å². The third-order valence-electron chi connectivity index (χ3n) is 4.91. The molecule has 6 nitrogen and oxygen atoms in total. The highest BCUT2D eigenvalue weighted by atomic mass is 16.7. The van der Waals surface area contributed by atoms with Gasteiger partial charge in [0, 0.05) is 10.9 Å². The summed E-state index contributed by atoms with van der Waals surface area (Å²) in [7, 11) is 0. The lowest BCUT2D eigenvalue weighted by Gasteiger charge is -2.07. The summed E-state index contributed by atoms with van der Waals surface area (Å²) in [6, 6.07) is 21.6. The molecule has 0 saturated carbocycles. The molecule has 0 unspecified atom stereocenters. The van der Waals surface area contributed by atoms with Crippen molar-refractivity contribution >= 4 is 28.3 Å². The molecule has 1 amide bonds. The number of carbonyl (C=O) groups is 2. The number of amides is 1. The molecular formula is C24H17NO5. The van der Waals surface area contributed by atoms with Gasteiger partial charge >= 0.3 is 0 Å². The molecule has 0 fully saturated rings. The molecule has 30 heavy (non-hydrogen) atoms. The molecule has 0 aliphatic carbocycles. The fourth-order valence-corrected chi connectivity index (χ4v) is 3.46. The highest BCUT2D eigenvalue weighted by Crippen LogP contribution is 2.36. The maximum atomic E-state index is 13.2. The van der Waals surface area contributed by atoms with Gasteiger partial charge < -0.3 is 19.2 Å². The molecule has 1 aromatic heterocycles. The zero-order valence-corrected chi connectivity index (χ0v) is 15.9. The van der Waals surface area contributed by atoms with E-state index in [-0.39, 0.29) is 30.7 Å². The summed E-state index contributed by atoms with van der Waals surface area (Å²) in [5, 5.41) is 3.55. The second-order valence-corrected chi connectivity index (χ2v) is 6.91. The maximum absolute atomic E-state index is 13.2. The molecule has 1 N–H and O–H groups in total. The summed E-state index contributed by atoms with van der Waals surface area (Å²) < 4.78 is 16.5. The number of rotatable bonds is 5. The molecule has 0 saturated heterocycles. The average molecular weight is 399 g/mol. The lowest BCUT2D eigenvalue weighted by atomic mass is 10.1. The van der Waals surface area contributed by atoms with E-state index in [0.717, 1.165) is 5.56 Å². The molecule has 0 radical (unpaired) electrons. The molecule has 3 aromatic carbocycles. The van der Waals surface area contributed by atoms with Gasteiger partial charge in [-0.25, -0.2) is 0 Å². The Morgan fingerprint density at radius 2 is 1.63 bits per heavy atom. The number of fused-ring (bicyclic) bond motifs is 2.